The number of ketones is 1. The summed E-state index contributed by atoms with van der Waals surface area (Å²) in [5, 5.41) is 0. The minimum atomic E-state index is -4.26. The van der Waals surface area contributed by atoms with Crippen molar-refractivity contribution in [1.82, 2.24) is 0 Å². The summed E-state index contributed by atoms with van der Waals surface area (Å²) in [5.41, 5.74) is 1.23. The second-order valence-electron chi connectivity index (χ2n) is 6.06. The molecule has 2 rings (SSSR count). The summed E-state index contributed by atoms with van der Waals surface area (Å²) in [6.07, 6.45) is 0. The average Bonchev–Trinajstić information content (AvgIpc) is 2.65. The van der Waals surface area contributed by atoms with Gasteiger partial charge in [0.05, 0.1) is 7.11 Å². The predicted octanol–water partition coefficient (Wildman–Crippen LogP) is 4.38. The first-order valence-corrected chi connectivity index (χ1v) is 8.09. The molecule has 0 bridgehead atoms. The van der Waals surface area contributed by atoms with Crippen molar-refractivity contribution in [1.29, 1.82) is 0 Å². The summed E-state index contributed by atoms with van der Waals surface area (Å²) in [6, 6.07) is 12.2. The Balaban J connectivity index is 2.11. The zero-order valence-corrected chi connectivity index (χ0v) is 14.8. The second kappa shape index (κ2) is 8.08. The van der Waals surface area contributed by atoms with Gasteiger partial charge in [0.2, 0.25) is 5.78 Å². The van der Waals surface area contributed by atoms with Gasteiger partial charge in [0, 0.05) is 5.56 Å². The third-order valence-electron chi connectivity index (χ3n) is 3.93. The summed E-state index contributed by atoms with van der Waals surface area (Å²) in [7, 11) is 1.41. The first kappa shape index (κ1) is 19.6. The molecule has 0 fully saturated rings. The van der Waals surface area contributed by atoms with Gasteiger partial charge in [-0.15, -0.1) is 0 Å². The minimum Gasteiger partial charge on any atom is -0.497 e. The minimum absolute atomic E-state index is 0.145. The fourth-order valence-electron chi connectivity index (χ4n) is 2.48. The van der Waals surface area contributed by atoms with Gasteiger partial charge in [0.1, 0.15) is 12.4 Å². The van der Waals surface area contributed by atoms with Gasteiger partial charge in [-0.3, -0.25) is 4.79 Å². The lowest BCUT2D eigenvalue weighted by atomic mass is 9.98. The van der Waals surface area contributed by atoms with E-state index in [-0.39, 0.29) is 18.1 Å². The first-order valence-electron chi connectivity index (χ1n) is 8.09. The smallest absolute Gasteiger partial charge is 0.404 e. The number of methoxy groups -OCH3 is 1. The summed E-state index contributed by atoms with van der Waals surface area (Å²) in [6.45, 7) is 3.57. The lowest BCUT2D eigenvalue weighted by Gasteiger charge is -2.16. The van der Waals surface area contributed by atoms with Gasteiger partial charge < -0.3 is 9.47 Å². The van der Waals surface area contributed by atoms with E-state index in [2.05, 4.69) is 0 Å². The molecular formula is C20H20F2O4. The maximum Gasteiger partial charge on any atom is 0.404 e. The number of ether oxygens (including phenoxy) is 2. The highest BCUT2D eigenvalue weighted by Gasteiger charge is 2.49. The number of benzene rings is 2. The molecule has 4 nitrogen and oxygen atoms in total. The number of halogens is 2. The molecule has 6 heteroatoms. The number of esters is 1. The molecule has 0 unspecified atom stereocenters. The van der Waals surface area contributed by atoms with Crippen molar-refractivity contribution in [3.63, 3.8) is 0 Å². The molecule has 0 spiro atoms. The van der Waals surface area contributed by atoms with Gasteiger partial charge in [-0.2, -0.15) is 8.78 Å². The summed E-state index contributed by atoms with van der Waals surface area (Å²) in [5.74, 6) is -7.18. The molecule has 0 saturated heterocycles. The highest BCUT2D eigenvalue weighted by Crippen LogP contribution is 2.25. The number of rotatable bonds is 7. The molecular weight excluding hydrogens is 342 g/mol. The molecule has 0 aliphatic carbocycles. The normalized spacial score (nSPS) is 11.3. The van der Waals surface area contributed by atoms with Crippen LogP contribution in [0.25, 0.3) is 0 Å². The lowest BCUT2D eigenvalue weighted by molar-refractivity contribution is -0.166. The largest absolute Gasteiger partial charge is 0.497 e. The zero-order chi connectivity index (χ0) is 19.3. The molecule has 0 radical (unpaired) electrons. The van der Waals surface area contributed by atoms with Gasteiger partial charge in [0.25, 0.3) is 0 Å². The standard InChI is InChI=1S/C20H20F2O4/c1-13(2)17-7-5-4-6-15(17)12-26-19(24)20(21,22)18(23)14-8-10-16(25-3)11-9-14/h4-11,13H,12H2,1-3H3. The van der Waals surface area contributed by atoms with Crippen molar-refractivity contribution in [2.24, 2.45) is 0 Å². The molecule has 0 atom stereocenters. The van der Waals surface area contributed by atoms with Crippen molar-refractivity contribution >= 4 is 11.8 Å². The lowest BCUT2D eigenvalue weighted by Crippen LogP contribution is -2.39. The molecule has 2 aromatic rings. The summed E-state index contributed by atoms with van der Waals surface area (Å²) >= 11 is 0. The average molecular weight is 362 g/mol. The van der Waals surface area contributed by atoms with E-state index in [0.29, 0.717) is 11.3 Å². The van der Waals surface area contributed by atoms with Crippen molar-refractivity contribution < 1.29 is 27.8 Å². The van der Waals surface area contributed by atoms with Crippen LogP contribution in [0.15, 0.2) is 48.5 Å². The molecule has 2 aromatic carbocycles. The van der Waals surface area contributed by atoms with Crippen LogP contribution in [0.3, 0.4) is 0 Å². The fraction of sp³-hybridized carbons (Fsp3) is 0.300. The van der Waals surface area contributed by atoms with Crippen LogP contribution in [0.4, 0.5) is 8.78 Å². The van der Waals surface area contributed by atoms with E-state index in [1.165, 1.54) is 31.4 Å². The highest BCUT2D eigenvalue weighted by molar-refractivity contribution is 6.13. The molecule has 0 aliphatic rings. The predicted molar refractivity (Wildman–Crippen MR) is 92.6 cm³/mol. The highest BCUT2D eigenvalue weighted by atomic mass is 19.3. The van der Waals surface area contributed by atoms with Crippen molar-refractivity contribution in [2.45, 2.75) is 32.3 Å². The number of hydrogen-bond donors (Lipinski definition) is 0. The van der Waals surface area contributed by atoms with Gasteiger partial charge >= 0.3 is 11.9 Å². The number of hydrogen-bond acceptors (Lipinski definition) is 4. The van der Waals surface area contributed by atoms with E-state index in [4.69, 9.17) is 9.47 Å². The van der Waals surface area contributed by atoms with E-state index >= 15 is 0 Å². The Labute approximate surface area is 150 Å². The Morgan fingerprint density at radius 2 is 1.65 bits per heavy atom. The molecule has 26 heavy (non-hydrogen) atoms. The molecule has 0 heterocycles. The maximum atomic E-state index is 14.2. The Hall–Kier alpha value is -2.76. The van der Waals surface area contributed by atoms with E-state index in [0.717, 1.165) is 5.56 Å². The Morgan fingerprint density at radius 3 is 2.23 bits per heavy atom. The Bertz CT molecular complexity index is 783. The van der Waals surface area contributed by atoms with Crippen molar-refractivity contribution in [3.8, 4) is 5.75 Å². The van der Waals surface area contributed by atoms with Crippen LogP contribution in [0.1, 0.15) is 41.3 Å². The number of carbonyl (C=O) groups excluding carboxylic acids is 2. The maximum absolute atomic E-state index is 14.2. The third-order valence-corrected chi connectivity index (χ3v) is 3.93. The van der Waals surface area contributed by atoms with Gasteiger partial charge in [-0.25, -0.2) is 4.79 Å². The number of carbonyl (C=O) groups is 2. The van der Waals surface area contributed by atoms with Gasteiger partial charge in [0.15, 0.2) is 0 Å². The molecule has 0 amide bonds. The number of alkyl halides is 2. The van der Waals surface area contributed by atoms with Crippen LogP contribution in [0.5, 0.6) is 5.75 Å². The monoisotopic (exact) mass is 362 g/mol. The van der Waals surface area contributed by atoms with Crippen molar-refractivity contribution in [3.05, 3.63) is 65.2 Å². The van der Waals surface area contributed by atoms with Crippen LogP contribution in [-0.2, 0) is 16.1 Å². The van der Waals surface area contributed by atoms with Crippen LogP contribution < -0.4 is 4.74 Å². The summed E-state index contributed by atoms with van der Waals surface area (Å²) < 4.78 is 38.0. The molecule has 0 aromatic heterocycles. The van der Waals surface area contributed by atoms with E-state index < -0.39 is 17.7 Å². The van der Waals surface area contributed by atoms with E-state index in [9.17, 15) is 18.4 Å². The third kappa shape index (κ3) is 4.25. The molecule has 0 saturated carbocycles. The first-order chi connectivity index (χ1) is 12.3. The van der Waals surface area contributed by atoms with E-state index in [1.54, 1.807) is 12.1 Å². The fourth-order valence-corrected chi connectivity index (χ4v) is 2.48. The Kier molecular flexibility index (Phi) is 6.08. The topological polar surface area (TPSA) is 52.6 Å². The molecule has 0 N–H and O–H groups in total. The van der Waals surface area contributed by atoms with Gasteiger partial charge in [-0.1, -0.05) is 38.1 Å². The SMILES string of the molecule is COc1ccc(C(=O)C(F)(F)C(=O)OCc2ccccc2C(C)C)cc1. The molecule has 138 valence electrons. The van der Waals surface area contributed by atoms with Crippen LogP contribution in [0.2, 0.25) is 0 Å². The number of Topliss-reactive ketones (excluding diaryl/α,β-unsaturated/α-hetero) is 1. The van der Waals surface area contributed by atoms with Gasteiger partial charge in [-0.05, 0) is 41.3 Å². The van der Waals surface area contributed by atoms with Crippen molar-refractivity contribution in [2.75, 3.05) is 7.11 Å². The van der Waals surface area contributed by atoms with Crippen LogP contribution in [0, 0.1) is 0 Å². The molecule has 0 aliphatic heterocycles. The van der Waals surface area contributed by atoms with Crippen LogP contribution in [-0.4, -0.2) is 24.8 Å². The summed E-state index contributed by atoms with van der Waals surface area (Å²) in [4.78, 5) is 23.8. The zero-order valence-electron chi connectivity index (χ0n) is 14.8. The second-order valence-corrected chi connectivity index (χ2v) is 6.06. The van der Waals surface area contributed by atoms with E-state index in [1.807, 2.05) is 26.0 Å². The van der Waals surface area contributed by atoms with Crippen LogP contribution >= 0.6 is 0 Å². The Morgan fingerprint density at radius 1 is 1.04 bits per heavy atom. The quantitative estimate of drug-likeness (QED) is 0.417.